The average molecular weight is 137 g/mol. The van der Waals surface area contributed by atoms with Gasteiger partial charge in [-0.3, -0.25) is 0 Å². The minimum atomic E-state index is -0.154. The van der Waals surface area contributed by atoms with E-state index in [1.54, 1.807) is 6.92 Å². The quantitative estimate of drug-likeness (QED) is 0.462. The molecule has 0 spiro atoms. The molecule has 0 heterocycles. The Morgan fingerprint density at radius 1 is 1.50 bits per heavy atom. The minimum Gasteiger partial charge on any atom is -0.393 e. The Hall–Kier alpha value is 0.250. The number of aliphatic hydroxyl groups excluding tert-OH is 1. The summed E-state index contributed by atoms with van der Waals surface area (Å²) >= 11 is 5.40. The summed E-state index contributed by atoms with van der Waals surface area (Å²) in [6.07, 6.45) is 2.79. The predicted molar refractivity (Wildman–Crippen MR) is 36.3 cm³/mol. The molecule has 0 fully saturated rings. The van der Waals surface area contributed by atoms with Crippen molar-refractivity contribution in [2.75, 3.05) is 5.88 Å². The van der Waals surface area contributed by atoms with Gasteiger partial charge >= 0.3 is 0 Å². The molecule has 0 radical (unpaired) electrons. The summed E-state index contributed by atoms with van der Waals surface area (Å²) < 4.78 is 0. The third kappa shape index (κ3) is 6.25. The lowest BCUT2D eigenvalue weighted by Gasteiger charge is -1.99. The molecule has 2 heteroatoms. The van der Waals surface area contributed by atoms with Crippen LogP contribution >= 0.6 is 11.6 Å². The summed E-state index contributed by atoms with van der Waals surface area (Å²) in [6, 6.07) is 0. The Morgan fingerprint density at radius 2 is 2.12 bits per heavy atom. The van der Waals surface area contributed by atoms with Gasteiger partial charge in [0.2, 0.25) is 0 Å². The third-order valence-corrected chi connectivity index (χ3v) is 1.27. The molecular weight excluding hydrogens is 124 g/mol. The average Bonchev–Trinajstić information content (AvgIpc) is 1.66. The lowest BCUT2D eigenvalue weighted by Crippen LogP contribution is -1.98. The molecular formula is C6H13ClO. The van der Waals surface area contributed by atoms with Crippen molar-refractivity contribution in [3.63, 3.8) is 0 Å². The summed E-state index contributed by atoms with van der Waals surface area (Å²) in [4.78, 5) is 0. The second-order valence-electron chi connectivity index (χ2n) is 2.03. The fraction of sp³-hybridized carbons (Fsp3) is 1.00. The molecule has 0 saturated heterocycles. The van der Waals surface area contributed by atoms with E-state index in [4.69, 9.17) is 16.7 Å². The molecule has 50 valence electrons. The van der Waals surface area contributed by atoms with E-state index in [0.29, 0.717) is 5.88 Å². The zero-order valence-electron chi connectivity index (χ0n) is 5.23. The molecule has 0 aromatic heterocycles. The van der Waals surface area contributed by atoms with Crippen LogP contribution in [0, 0.1) is 0 Å². The van der Waals surface area contributed by atoms with Crippen molar-refractivity contribution >= 4 is 11.6 Å². The van der Waals surface area contributed by atoms with E-state index in [2.05, 4.69) is 0 Å². The van der Waals surface area contributed by atoms with Gasteiger partial charge in [-0.25, -0.2) is 0 Å². The van der Waals surface area contributed by atoms with Crippen LogP contribution in [0.1, 0.15) is 26.2 Å². The number of aliphatic hydroxyl groups is 1. The Labute approximate surface area is 55.7 Å². The van der Waals surface area contributed by atoms with Crippen LogP contribution in [0.15, 0.2) is 0 Å². The first-order chi connectivity index (χ1) is 3.77. The van der Waals surface area contributed by atoms with Gasteiger partial charge in [0.05, 0.1) is 6.10 Å². The van der Waals surface area contributed by atoms with Crippen LogP contribution in [-0.4, -0.2) is 17.1 Å². The van der Waals surface area contributed by atoms with Crippen molar-refractivity contribution in [1.82, 2.24) is 0 Å². The maximum absolute atomic E-state index is 8.74. The van der Waals surface area contributed by atoms with Gasteiger partial charge in [-0.05, 0) is 26.2 Å². The minimum absolute atomic E-state index is 0.154. The van der Waals surface area contributed by atoms with Crippen molar-refractivity contribution in [2.24, 2.45) is 0 Å². The molecule has 0 amide bonds. The molecule has 0 aromatic carbocycles. The fourth-order valence-corrected chi connectivity index (χ4v) is 0.723. The van der Waals surface area contributed by atoms with Crippen molar-refractivity contribution in [2.45, 2.75) is 32.3 Å². The molecule has 0 saturated carbocycles. The highest BCUT2D eigenvalue weighted by Gasteiger charge is 1.92. The molecule has 8 heavy (non-hydrogen) atoms. The first kappa shape index (κ1) is 8.25. The van der Waals surface area contributed by atoms with Gasteiger partial charge in [0.1, 0.15) is 0 Å². The second kappa shape index (κ2) is 5.39. The SMILES string of the molecule is C[C@H](O)CCCCCl. The van der Waals surface area contributed by atoms with Crippen LogP contribution in [0.4, 0.5) is 0 Å². The first-order valence-electron chi connectivity index (χ1n) is 3.01. The first-order valence-corrected chi connectivity index (χ1v) is 3.55. The summed E-state index contributed by atoms with van der Waals surface area (Å²) in [6.45, 7) is 1.80. The molecule has 0 aliphatic rings. The van der Waals surface area contributed by atoms with Crippen LogP contribution in [0.25, 0.3) is 0 Å². The topological polar surface area (TPSA) is 20.2 Å². The molecule has 1 nitrogen and oxygen atoms in total. The summed E-state index contributed by atoms with van der Waals surface area (Å²) in [5.74, 6) is 0.715. The molecule has 0 unspecified atom stereocenters. The van der Waals surface area contributed by atoms with Crippen molar-refractivity contribution < 1.29 is 5.11 Å². The molecule has 0 aliphatic carbocycles. The van der Waals surface area contributed by atoms with E-state index in [1.165, 1.54) is 0 Å². The van der Waals surface area contributed by atoms with Gasteiger partial charge in [0.15, 0.2) is 0 Å². The number of unbranched alkanes of at least 4 members (excludes halogenated alkanes) is 1. The van der Waals surface area contributed by atoms with Gasteiger partial charge < -0.3 is 5.11 Å². The largest absolute Gasteiger partial charge is 0.393 e. The van der Waals surface area contributed by atoms with Gasteiger partial charge in [0, 0.05) is 5.88 Å². The zero-order valence-corrected chi connectivity index (χ0v) is 5.99. The van der Waals surface area contributed by atoms with E-state index >= 15 is 0 Å². The molecule has 0 bridgehead atoms. The maximum atomic E-state index is 8.74. The van der Waals surface area contributed by atoms with Crippen molar-refractivity contribution in [3.05, 3.63) is 0 Å². The fourth-order valence-electron chi connectivity index (χ4n) is 0.534. The second-order valence-corrected chi connectivity index (χ2v) is 2.41. The van der Waals surface area contributed by atoms with E-state index in [0.717, 1.165) is 19.3 Å². The molecule has 0 aromatic rings. The van der Waals surface area contributed by atoms with Crippen LogP contribution in [0.3, 0.4) is 0 Å². The van der Waals surface area contributed by atoms with E-state index < -0.39 is 0 Å². The Balaban J connectivity index is 2.72. The Bertz CT molecular complexity index is 45.8. The number of hydrogen-bond acceptors (Lipinski definition) is 1. The Morgan fingerprint density at radius 3 is 2.50 bits per heavy atom. The van der Waals surface area contributed by atoms with Gasteiger partial charge in [-0.15, -0.1) is 11.6 Å². The summed E-state index contributed by atoms with van der Waals surface area (Å²) in [5, 5.41) is 8.74. The van der Waals surface area contributed by atoms with Crippen LogP contribution in [0.5, 0.6) is 0 Å². The van der Waals surface area contributed by atoms with E-state index in [1.807, 2.05) is 0 Å². The number of rotatable bonds is 4. The highest BCUT2D eigenvalue weighted by atomic mass is 35.5. The van der Waals surface area contributed by atoms with Gasteiger partial charge in [-0.1, -0.05) is 0 Å². The number of halogens is 1. The lowest BCUT2D eigenvalue weighted by atomic mass is 10.2. The third-order valence-electron chi connectivity index (χ3n) is 1.01. The highest BCUT2D eigenvalue weighted by Crippen LogP contribution is 2.00. The Kier molecular flexibility index (Phi) is 5.56. The standard InChI is InChI=1S/C6H13ClO/c1-6(8)4-2-3-5-7/h6,8H,2-5H2,1H3/t6-/m0/s1. The smallest absolute Gasteiger partial charge is 0.0512 e. The zero-order chi connectivity index (χ0) is 6.41. The van der Waals surface area contributed by atoms with E-state index in [9.17, 15) is 0 Å². The van der Waals surface area contributed by atoms with Crippen LogP contribution in [-0.2, 0) is 0 Å². The monoisotopic (exact) mass is 136 g/mol. The van der Waals surface area contributed by atoms with Crippen molar-refractivity contribution in [3.8, 4) is 0 Å². The van der Waals surface area contributed by atoms with Crippen LogP contribution < -0.4 is 0 Å². The molecule has 1 atom stereocenters. The lowest BCUT2D eigenvalue weighted by molar-refractivity contribution is 0.181. The van der Waals surface area contributed by atoms with Crippen molar-refractivity contribution in [1.29, 1.82) is 0 Å². The van der Waals surface area contributed by atoms with Gasteiger partial charge in [0.25, 0.3) is 0 Å². The van der Waals surface area contributed by atoms with E-state index in [-0.39, 0.29) is 6.10 Å². The molecule has 0 rings (SSSR count). The maximum Gasteiger partial charge on any atom is 0.0512 e. The number of alkyl halides is 1. The molecule has 1 N–H and O–H groups in total. The molecule has 0 aliphatic heterocycles. The summed E-state index contributed by atoms with van der Waals surface area (Å²) in [7, 11) is 0. The van der Waals surface area contributed by atoms with Crippen LogP contribution in [0.2, 0.25) is 0 Å². The summed E-state index contributed by atoms with van der Waals surface area (Å²) in [5.41, 5.74) is 0. The normalized spacial score (nSPS) is 13.9. The predicted octanol–water partition coefficient (Wildman–Crippen LogP) is 1.78. The van der Waals surface area contributed by atoms with Gasteiger partial charge in [-0.2, -0.15) is 0 Å². The highest BCUT2D eigenvalue weighted by molar-refractivity contribution is 6.17. The number of hydrogen-bond donors (Lipinski definition) is 1.